The molecule has 4 nitrogen and oxygen atoms in total. The Labute approximate surface area is 159 Å². The summed E-state index contributed by atoms with van der Waals surface area (Å²) >= 11 is 0. The predicted molar refractivity (Wildman–Crippen MR) is 102 cm³/mol. The molecule has 2 aromatic carbocycles. The van der Waals surface area contributed by atoms with E-state index in [4.69, 9.17) is 0 Å². The minimum absolute atomic E-state index is 0.0169. The highest BCUT2D eigenvalue weighted by Gasteiger charge is 2.52. The summed E-state index contributed by atoms with van der Waals surface area (Å²) in [6, 6.07) is 19.7. The topological polar surface area (TPSA) is 57.6 Å². The maximum atomic E-state index is 13.5. The van der Waals surface area contributed by atoms with Crippen LogP contribution in [0.5, 0.6) is 0 Å². The zero-order valence-electron chi connectivity index (χ0n) is 15.1. The van der Waals surface area contributed by atoms with Crippen LogP contribution >= 0.6 is 0 Å². The number of carbonyl (C=O) groups excluding carboxylic acids is 1. The Balaban J connectivity index is 1.62. The van der Waals surface area contributed by atoms with Gasteiger partial charge in [0.25, 0.3) is 0 Å². The lowest BCUT2D eigenvalue weighted by Crippen LogP contribution is -2.42. The smallest absolute Gasteiger partial charge is 0.307 e. The largest absolute Gasteiger partial charge is 0.481 e. The first-order valence-electron chi connectivity index (χ1n) is 9.41. The van der Waals surface area contributed by atoms with Crippen LogP contribution in [0.4, 0.5) is 0 Å². The molecule has 0 radical (unpaired) electrons. The van der Waals surface area contributed by atoms with E-state index in [0.717, 1.165) is 17.5 Å². The van der Waals surface area contributed by atoms with Crippen molar-refractivity contribution in [2.24, 2.45) is 23.7 Å². The van der Waals surface area contributed by atoms with Crippen LogP contribution in [0.3, 0.4) is 0 Å². The Bertz CT molecular complexity index is 805. The zero-order valence-corrected chi connectivity index (χ0v) is 15.1. The summed E-state index contributed by atoms with van der Waals surface area (Å²) in [5, 5.41) is 9.71. The fourth-order valence-electron chi connectivity index (χ4n) is 4.53. The number of allylic oxidation sites excluding steroid dienone is 2. The lowest BCUT2D eigenvalue weighted by molar-refractivity contribution is -0.151. The van der Waals surface area contributed by atoms with Crippen LogP contribution in [-0.2, 0) is 22.7 Å². The van der Waals surface area contributed by atoms with Crippen LogP contribution in [0.2, 0.25) is 0 Å². The number of carbonyl (C=O) groups is 2. The highest BCUT2D eigenvalue weighted by atomic mass is 16.4. The van der Waals surface area contributed by atoms with E-state index in [9.17, 15) is 14.7 Å². The molecule has 0 spiro atoms. The van der Waals surface area contributed by atoms with Crippen LogP contribution in [0, 0.1) is 23.7 Å². The van der Waals surface area contributed by atoms with Crippen molar-refractivity contribution in [3.63, 3.8) is 0 Å². The van der Waals surface area contributed by atoms with Gasteiger partial charge in [0, 0.05) is 13.1 Å². The summed E-state index contributed by atoms with van der Waals surface area (Å²) in [5.74, 6) is -1.96. The second kappa shape index (κ2) is 7.39. The molecule has 4 atom stereocenters. The van der Waals surface area contributed by atoms with Crippen molar-refractivity contribution >= 4 is 11.9 Å². The maximum absolute atomic E-state index is 13.5. The Hall–Kier alpha value is -2.88. The van der Waals surface area contributed by atoms with Gasteiger partial charge in [0.2, 0.25) is 5.91 Å². The van der Waals surface area contributed by atoms with Crippen LogP contribution in [0.15, 0.2) is 72.8 Å². The second-order valence-electron chi connectivity index (χ2n) is 7.50. The molecule has 1 amide bonds. The molecule has 1 saturated carbocycles. The van der Waals surface area contributed by atoms with Crippen molar-refractivity contribution in [3.05, 3.63) is 83.9 Å². The number of amides is 1. The fourth-order valence-corrected chi connectivity index (χ4v) is 4.53. The Morgan fingerprint density at radius 2 is 1.30 bits per heavy atom. The van der Waals surface area contributed by atoms with E-state index in [0.29, 0.717) is 13.1 Å². The fraction of sp³-hybridized carbons (Fsp3) is 0.304. The Kier molecular flexibility index (Phi) is 4.80. The van der Waals surface area contributed by atoms with E-state index in [1.165, 1.54) is 0 Å². The quantitative estimate of drug-likeness (QED) is 0.798. The maximum Gasteiger partial charge on any atom is 0.307 e. The van der Waals surface area contributed by atoms with Gasteiger partial charge in [-0.2, -0.15) is 0 Å². The van der Waals surface area contributed by atoms with Gasteiger partial charge in [-0.1, -0.05) is 72.8 Å². The first-order chi connectivity index (χ1) is 13.1. The number of hydrogen-bond acceptors (Lipinski definition) is 2. The predicted octanol–water partition coefficient (Wildman–Crippen LogP) is 3.74. The number of aliphatic carboxylic acids is 1. The molecule has 2 aliphatic rings. The summed E-state index contributed by atoms with van der Waals surface area (Å²) in [5.41, 5.74) is 2.10. The van der Waals surface area contributed by atoms with Gasteiger partial charge in [0.15, 0.2) is 0 Å². The van der Waals surface area contributed by atoms with Crippen LogP contribution in [0.1, 0.15) is 17.5 Å². The van der Waals surface area contributed by atoms with Crippen LogP contribution < -0.4 is 0 Å². The van der Waals surface area contributed by atoms with E-state index < -0.39 is 17.8 Å². The lowest BCUT2D eigenvalue weighted by Gasteiger charge is -2.31. The number of carboxylic acid groups (broad SMARTS) is 1. The highest BCUT2D eigenvalue weighted by Crippen LogP contribution is 2.49. The van der Waals surface area contributed by atoms with E-state index in [1.807, 2.05) is 77.7 Å². The van der Waals surface area contributed by atoms with Gasteiger partial charge < -0.3 is 10.0 Å². The Morgan fingerprint density at radius 1 is 0.815 bits per heavy atom. The van der Waals surface area contributed by atoms with Crippen molar-refractivity contribution in [2.45, 2.75) is 19.5 Å². The van der Waals surface area contributed by atoms with Gasteiger partial charge in [0.1, 0.15) is 0 Å². The zero-order chi connectivity index (χ0) is 18.8. The Morgan fingerprint density at radius 3 is 1.78 bits per heavy atom. The first kappa shape index (κ1) is 17.5. The summed E-state index contributed by atoms with van der Waals surface area (Å²) in [6.07, 6.45) is 4.79. The molecule has 27 heavy (non-hydrogen) atoms. The number of hydrogen-bond donors (Lipinski definition) is 1. The third-order valence-electron chi connectivity index (χ3n) is 5.77. The average molecular weight is 361 g/mol. The molecule has 0 unspecified atom stereocenters. The molecular formula is C23H23NO3. The lowest BCUT2D eigenvalue weighted by atomic mass is 9.82. The SMILES string of the molecule is O=C(O)[C@H]1[C@@H](C(=O)N(Cc2ccccc2)Cc2ccccc2)[C@H]2C=C[C@@H]1C2. The van der Waals surface area contributed by atoms with Crippen molar-refractivity contribution in [1.29, 1.82) is 0 Å². The van der Waals surface area contributed by atoms with Gasteiger partial charge >= 0.3 is 5.97 Å². The summed E-state index contributed by atoms with van der Waals surface area (Å²) < 4.78 is 0. The van der Waals surface area contributed by atoms with E-state index in [1.54, 1.807) is 0 Å². The van der Waals surface area contributed by atoms with Gasteiger partial charge in [0.05, 0.1) is 11.8 Å². The van der Waals surface area contributed by atoms with E-state index in [2.05, 4.69) is 0 Å². The number of carboxylic acids is 1. The standard InChI is InChI=1S/C23H23NO3/c25-22(20-18-11-12-19(13-18)21(20)23(26)27)24(14-16-7-3-1-4-8-16)15-17-9-5-2-6-10-17/h1-12,18-21H,13-15H2,(H,26,27)/t18-,19+,20-,21+/m0/s1. The number of fused-ring (bicyclic) bond motifs is 2. The van der Waals surface area contributed by atoms with Gasteiger partial charge in [-0.05, 0) is 29.4 Å². The van der Waals surface area contributed by atoms with Crippen molar-refractivity contribution in [2.75, 3.05) is 0 Å². The third-order valence-corrected chi connectivity index (χ3v) is 5.77. The minimum Gasteiger partial charge on any atom is -0.481 e. The summed E-state index contributed by atoms with van der Waals surface area (Å²) in [4.78, 5) is 27.1. The normalized spacial score (nSPS) is 25.5. The molecule has 2 aliphatic carbocycles. The number of benzene rings is 2. The molecular weight excluding hydrogens is 338 g/mol. The molecule has 0 heterocycles. The molecule has 2 bridgehead atoms. The number of rotatable bonds is 6. The molecule has 1 N–H and O–H groups in total. The van der Waals surface area contributed by atoms with E-state index in [-0.39, 0.29) is 17.7 Å². The molecule has 0 aromatic heterocycles. The van der Waals surface area contributed by atoms with Crippen LogP contribution in [0.25, 0.3) is 0 Å². The molecule has 2 aromatic rings. The van der Waals surface area contributed by atoms with Crippen LogP contribution in [-0.4, -0.2) is 21.9 Å². The van der Waals surface area contributed by atoms with Gasteiger partial charge in [-0.3, -0.25) is 9.59 Å². The average Bonchev–Trinajstić information content (AvgIpc) is 3.30. The molecule has 138 valence electrons. The molecule has 0 saturated heterocycles. The second-order valence-corrected chi connectivity index (χ2v) is 7.50. The van der Waals surface area contributed by atoms with E-state index >= 15 is 0 Å². The highest BCUT2D eigenvalue weighted by molar-refractivity contribution is 5.87. The minimum atomic E-state index is -0.857. The first-order valence-corrected chi connectivity index (χ1v) is 9.41. The summed E-state index contributed by atoms with van der Waals surface area (Å²) in [6.45, 7) is 0.969. The van der Waals surface area contributed by atoms with Gasteiger partial charge in [-0.25, -0.2) is 0 Å². The van der Waals surface area contributed by atoms with Crippen molar-refractivity contribution in [3.8, 4) is 0 Å². The monoisotopic (exact) mass is 361 g/mol. The molecule has 1 fully saturated rings. The van der Waals surface area contributed by atoms with Crippen molar-refractivity contribution in [1.82, 2.24) is 4.90 Å². The molecule has 4 heteroatoms. The molecule has 0 aliphatic heterocycles. The molecule has 4 rings (SSSR count). The summed E-state index contributed by atoms with van der Waals surface area (Å²) in [7, 11) is 0. The number of nitrogens with zero attached hydrogens (tertiary/aromatic N) is 1. The third kappa shape index (κ3) is 3.52. The van der Waals surface area contributed by atoms with Gasteiger partial charge in [-0.15, -0.1) is 0 Å². The van der Waals surface area contributed by atoms with Crippen molar-refractivity contribution < 1.29 is 14.7 Å².